The summed E-state index contributed by atoms with van der Waals surface area (Å²) >= 11 is 2.80. The molecule has 0 bridgehead atoms. The summed E-state index contributed by atoms with van der Waals surface area (Å²) in [5.41, 5.74) is 6.53. The van der Waals surface area contributed by atoms with Crippen molar-refractivity contribution in [2.75, 3.05) is 28.6 Å². The van der Waals surface area contributed by atoms with Gasteiger partial charge < -0.3 is 15.3 Å². The Morgan fingerprint density at radius 3 is 2.69 bits per heavy atom. The van der Waals surface area contributed by atoms with Gasteiger partial charge in [-0.2, -0.15) is 10.4 Å². The fourth-order valence-electron chi connectivity index (χ4n) is 5.82. The Hall–Kier alpha value is -5.58. The molecule has 1 aliphatic rings. The number of aromatic amines is 1. The van der Waals surface area contributed by atoms with Gasteiger partial charge in [-0.1, -0.05) is 65.4 Å². The zero-order valence-electron chi connectivity index (χ0n) is 25.9. The van der Waals surface area contributed by atoms with Crippen LogP contribution in [0.15, 0.2) is 66.7 Å². The topological polar surface area (TPSA) is 160 Å². The van der Waals surface area contributed by atoms with Crippen LogP contribution in [-0.2, 0) is 19.4 Å². The molecule has 48 heavy (non-hydrogen) atoms. The number of carbonyl (C=O) groups is 2. The van der Waals surface area contributed by atoms with Gasteiger partial charge in [0.2, 0.25) is 0 Å². The van der Waals surface area contributed by atoms with Crippen LogP contribution in [0, 0.1) is 18.3 Å². The molecule has 0 unspecified atom stereocenters. The van der Waals surface area contributed by atoms with E-state index in [1.165, 1.54) is 22.7 Å². The highest BCUT2D eigenvalue weighted by Gasteiger charge is 2.27. The average molecular weight is 675 g/mol. The number of nitrogens with zero attached hydrogens (tertiary/aromatic N) is 5. The first-order valence-electron chi connectivity index (χ1n) is 15.4. The van der Waals surface area contributed by atoms with Gasteiger partial charge in [0.15, 0.2) is 21.8 Å². The number of aromatic carboxylic acids is 1. The molecule has 13 heteroatoms. The van der Waals surface area contributed by atoms with Crippen LogP contribution in [-0.4, -0.2) is 50.2 Å². The van der Waals surface area contributed by atoms with Crippen molar-refractivity contribution < 1.29 is 14.7 Å². The van der Waals surface area contributed by atoms with E-state index in [4.69, 9.17) is 0 Å². The highest BCUT2D eigenvalue weighted by atomic mass is 32.1. The number of carboxylic acid groups (broad SMARTS) is 1. The Labute approximate surface area is 283 Å². The number of hydrogen-bond acceptors (Lipinski definition) is 10. The molecule has 3 aromatic heterocycles. The lowest BCUT2D eigenvalue weighted by Gasteiger charge is -2.29. The number of carboxylic acids is 1. The van der Waals surface area contributed by atoms with Crippen LogP contribution < -0.4 is 15.5 Å². The summed E-state index contributed by atoms with van der Waals surface area (Å²) in [5, 5.41) is 34.4. The molecule has 0 aliphatic carbocycles. The number of hydrogen-bond donors (Lipinski definition) is 4. The highest BCUT2D eigenvalue weighted by molar-refractivity contribution is 7.22. The van der Waals surface area contributed by atoms with Gasteiger partial charge in [-0.05, 0) is 55.5 Å². The number of thiazole rings is 2. The molecule has 0 radical (unpaired) electrons. The Balaban J connectivity index is 1.03. The Bertz CT molecular complexity index is 2160. The van der Waals surface area contributed by atoms with E-state index in [0.29, 0.717) is 76.7 Å². The lowest BCUT2D eigenvalue weighted by Crippen LogP contribution is -2.32. The first kappa shape index (κ1) is 31.0. The van der Waals surface area contributed by atoms with Crippen LogP contribution in [0.25, 0.3) is 21.5 Å². The molecule has 3 aromatic carbocycles. The number of aryl methyl sites for hydroxylation is 2. The van der Waals surface area contributed by atoms with Crippen molar-refractivity contribution in [1.29, 1.82) is 5.26 Å². The van der Waals surface area contributed by atoms with Crippen molar-refractivity contribution in [3.8, 4) is 17.3 Å². The fraction of sp³-hybridized carbons (Fsp3) is 0.200. The van der Waals surface area contributed by atoms with Gasteiger partial charge in [-0.25, -0.2) is 14.8 Å². The van der Waals surface area contributed by atoms with Gasteiger partial charge in [0.05, 0.1) is 15.9 Å². The molecule has 1 amide bonds. The molecule has 6 aromatic rings. The summed E-state index contributed by atoms with van der Waals surface area (Å²) < 4.78 is 0.999. The molecule has 0 atom stereocenters. The predicted molar refractivity (Wildman–Crippen MR) is 188 cm³/mol. The van der Waals surface area contributed by atoms with Gasteiger partial charge in [-0.15, -0.1) is 11.3 Å². The van der Waals surface area contributed by atoms with Crippen LogP contribution >= 0.6 is 22.7 Å². The summed E-state index contributed by atoms with van der Waals surface area (Å²) in [5.74, 6) is -0.837. The number of benzene rings is 3. The summed E-state index contributed by atoms with van der Waals surface area (Å²) in [6.45, 7) is 3.59. The summed E-state index contributed by atoms with van der Waals surface area (Å²) in [6.07, 6.45) is 1.80. The average Bonchev–Trinajstić information content (AvgIpc) is 3.83. The number of anilines is 3. The van der Waals surface area contributed by atoms with Crippen molar-refractivity contribution in [2.24, 2.45) is 0 Å². The molecular weight excluding hydrogens is 645 g/mol. The molecule has 0 saturated heterocycles. The second kappa shape index (κ2) is 13.3. The van der Waals surface area contributed by atoms with Crippen molar-refractivity contribution in [2.45, 2.75) is 32.7 Å². The Morgan fingerprint density at radius 1 is 1.06 bits per heavy atom. The minimum absolute atomic E-state index is 0.0433. The number of aromatic nitrogens is 4. The smallest absolute Gasteiger partial charge is 0.355 e. The number of fused-ring (bicyclic) bond motifs is 2. The second-order valence-electron chi connectivity index (χ2n) is 11.5. The highest BCUT2D eigenvalue weighted by Crippen LogP contribution is 2.34. The first-order valence-corrected chi connectivity index (χ1v) is 17.1. The third kappa shape index (κ3) is 6.23. The quantitative estimate of drug-likeness (QED) is 0.114. The minimum atomic E-state index is -1.07. The van der Waals surface area contributed by atoms with Crippen molar-refractivity contribution in [3.63, 3.8) is 0 Å². The van der Waals surface area contributed by atoms with Crippen LogP contribution in [0.4, 0.5) is 16.1 Å². The van der Waals surface area contributed by atoms with Gasteiger partial charge >= 0.3 is 5.97 Å². The maximum atomic E-state index is 13.4. The van der Waals surface area contributed by atoms with Crippen molar-refractivity contribution >= 4 is 60.8 Å². The molecule has 0 saturated carbocycles. The normalized spacial score (nSPS) is 12.5. The Morgan fingerprint density at radius 2 is 1.90 bits per heavy atom. The van der Waals surface area contributed by atoms with E-state index in [-0.39, 0.29) is 11.6 Å². The number of nitriles is 1. The molecule has 4 heterocycles. The lowest BCUT2D eigenvalue weighted by molar-refractivity contribution is 0.0690. The van der Waals surface area contributed by atoms with E-state index in [1.54, 1.807) is 0 Å². The molecule has 4 N–H and O–H groups in total. The molecular formula is C35H30N8O3S2. The van der Waals surface area contributed by atoms with Crippen LogP contribution in [0.3, 0.4) is 0 Å². The van der Waals surface area contributed by atoms with E-state index in [0.717, 1.165) is 32.5 Å². The number of para-hydroxylation sites is 1. The monoisotopic (exact) mass is 674 g/mol. The number of amides is 1. The molecule has 11 nitrogen and oxygen atoms in total. The Kier molecular flexibility index (Phi) is 8.58. The van der Waals surface area contributed by atoms with Gasteiger partial charge in [0.25, 0.3) is 5.91 Å². The van der Waals surface area contributed by atoms with Gasteiger partial charge in [0, 0.05) is 35.6 Å². The largest absolute Gasteiger partial charge is 0.476 e. The van der Waals surface area contributed by atoms with Gasteiger partial charge in [-0.3, -0.25) is 15.2 Å². The fourth-order valence-corrected chi connectivity index (χ4v) is 7.80. The minimum Gasteiger partial charge on any atom is -0.476 e. The number of rotatable bonds is 10. The predicted octanol–water partition coefficient (Wildman–Crippen LogP) is 6.88. The second-order valence-corrected chi connectivity index (χ2v) is 13.6. The molecule has 0 spiro atoms. The number of carbonyl (C=O) groups excluding carboxylic acids is 1. The van der Waals surface area contributed by atoms with E-state index in [9.17, 15) is 20.0 Å². The molecule has 240 valence electrons. The van der Waals surface area contributed by atoms with E-state index in [1.807, 2.05) is 78.6 Å². The summed E-state index contributed by atoms with van der Waals surface area (Å²) in [4.78, 5) is 37.4. The van der Waals surface area contributed by atoms with Crippen molar-refractivity contribution in [1.82, 2.24) is 20.2 Å². The zero-order valence-corrected chi connectivity index (χ0v) is 27.5. The van der Waals surface area contributed by atoms with Crippen LogP contribution in [0.2, 0.25) is 0 Å². The van der Waals surface area contributed by atoms with Crippen LogP contribution in [0.5, 0.6) is 0 Å². The number of nitrogens with one attached hydrogen (secondary N) is 3. The van der Waals surface area contributed by atoms with E-state index < -0.39 is 5.97 Å². The number of H-pyrrole nitrogens is 1. The van der Waals surface area contributed by atoms with Crippen LogP contribution in [0.1, 0.15) is 54.4 Å². The molecule has 7 rings (SSSR count). The molecule has 1 aliphatic heterocycles. The summed E-state index contributed by atoms with van der Waals surface area (Å²) in [7, 11) is 0. The van der Waals surface area contributed by atoms with Gasteiger partial charge in [0.1, 0.15) is 11.6 Å². The lowest BCUT2D eigenvalue weighted by atomic mass is 9.94. The zero-order chi connectivity index (χ0) is 33.2. The standard InChI is InChI=1S/C35H30N8O3S2/c1-20-11-13-22(14-12-20)29-24(18-36)31(42-41-29)37-16-5-10-28-30(33(45)46)39-35(48-28)43-17-15-21-6-4-7-23(25(21)19-43)32(44)40-34-38-26-8-2-3-9-27(26)47-34/h2-4,6-9,11-14H,5,10,15-17,19H2,1H3,(H,45,46)(H2,37,41,42)(H,38,40,44). The third-order valence-corrected chi connectivity index (χ3v) is 10.4. The van der Waals surface area contributed by atoms with E-state index in [2.05, 4.69) is 36.9 Å². The SMILES string of the molecule is Cc1ccc(-c2[nH]nc(NCCCc3sc(N4CCc5cccc(C(=O)Nc6nc7ccccc7s6)c5C4)nc3C(=O)O)c2C#N)cc1. The first-order chi connectivity index (χ1) is 23.4. The van der Waals surface area contributed by atoms with Crippen molar-refractivity contribution in [3.05, 3.63) is 105 Å². The van der Waals surface area contributed by atoms with E-state index >= 15 is 0 Å². The maximum absolute atomic E-state index is 13.4. The maximum Gasteiger partial charge on any atom is 0.355 e. The molecule has 0 fully saturated rings. The third-order valence-electron chi connectivity index (χ3n) is 8.28. The summed E-state index contributed by atoms with van der Waals surface area (Å²) in [6, 6.07) is 23.6.